The lowest BCUT2D eigenvalue weighted by Crippen LogP contribution is -2.45. The Morgan fingerprint density at radius 2 is 2.13 bits per heavy atom. The second kappa shape index (κ2) is 5.83. The molecule has 0 bridgehead atoms. The van der Waals surface area contributed by atoms with Crippen LogP contribution in [0.1, 0.15) is 33.6 Å². The number of hydrogen-bond donors (Lipinski definition) is 1. The third-order valence-electron chi connectivity index (χ3n) is 3.10. The lowest BCUT2D eigenvalue weighted by Gasteiger charge is -2.28. The number of nitrogens with one attached hydrogen (secondary N) is 1. The van der Waals surface area contributed by atoms with Crippen molar-refractivity contribution in [2.75, 3.05) is 26.9 Å². The van der Waals surface area contributed by atoms with Crippen LogP contribution in [0, 0.1) is 5.92 Å². The Morgan fingerprint density at radius 3 is 2.60 bits per heavy atom. The van der Waals surface area contributed by atoms with Gasteiger partial charge in [-0.15, -0.1) is 0 Å². The Morgan fingerprint density at radius 1 is 1.40 bits per heavy atom. The van der Waals surface area contributed by atoms with Gasteiger partial charge in [0.1, 0.15) is 5.60 Å². The maximum absolute atomic E-state index is 5.57. The zero-order valence-electron chi connectivity index (χ0n) is 10.5. The predicted molar refractivity (Wildman–Crippen MR) is 62.1 cm³/mol. The van der Waals surface area contributed by atoms with Crippen LogP contribution in [0.25, 0.3) is 0 Å². The molecular weight excluding hydrogens is 190 g/mol. The van der Waals surface area contributed by atoms with Crippen molar-refractivity contribution in [3.8, 4) is 0 Å². The molecule has 15 heavy (non-hydrogen) atoms. The SMILES string of the molecule is COC1(CNC(C)CC(C)C)CCOC1. The zero-order valence-corrected chi connectivity index (χ0v) is 10.5. The molecule has 0 aromatic rings. The van der Waals surface area contributed by atoms with E-state index in [1.54, 1.807) is 7.11 Å². The highest BCUT2D eigenvalue weighted by molar-refractivity contribution is 4.87. The van der Waals surface area contributed by atoms with Crippen molar-refractivity contribution in [2.45, 2.75) is 45.3 Å². The van der Waals surface area contributed by atoms with E-state index in [1.165, 1.54) is 6.42 Å². The van der Waals surface area contributed by atoms with Crippen LogP contribution in [0.3, 0.4) is 0 Å². The summed E-state index contributed by atoms with van der Waals surface area (Å²) in [6.07, 6.45) is 2.21. The van der Waals surface area contributed by atoms with Crippen LogP contribution < -0.4 is 5.32 Å². The van der Waals surface area contributed by atoms with Crippen molar-refractivity contribution < 1.29 is 9.47 Å². The molecular formula is C12H25NO2. The van der Waals surface area contributed by atoms with E-state index in [4.69, 9.17) is 9.47 Å². The molecule has 3 nitrogen and oxygen atoms in total. The fourth-order valence-electron chi connectivity index (χ4n) is 2.11. The molecule has 1 rings (SSSR count). The summed E-state index contributed by atoms with van der Waals surface area (Å²) in [6, 6.07) is 0.553. The Hall–Kier alpha value is -0.120. The average molecular weight is 215 g/mol. The molecule has 0 radical (unpaired) electrons. The van der Waals surface area contributed by atoms with Gasteiger partial charge in [0.25, 0.3) is 0 Å². The van der Waals surface area contributed by atoms with Crippen LogP contribution in [0.4, 0.5) is 0 Å². The van der Waals surface area contributed by atoms with Gasteiger partial charge in [0.05, 0.1) is 6.61 Å². The van der Waals surface area contributed by atoms with Crippen molar-refractivity contribution in [3.63, 3.8) is 0 Å². The topological polar surface area (TPSA) is 30.5 Å². The third kappa shape index (κ3) is 4.09. The van der Waals surface area contributed by atoms with Gasteiger partial charge in [-0.3, -0.25) is 0 Å². The smallest absolute Gasteiger partial charge is 0.106 e. The summed E-state index contributed by atoms with van der Waals surface area (Å²) >= 11 is 0. The minimum absolute atomic E-state index is 0.0781. The number of ether oxygens (including phenoxy) is 2. The fourth-order valence-corrected chi connectivity index (χ4v) is 2.11. The first kappa shape index (κ1) is 12.9. The van der Waals surface area contributed by atoms with E-state index in [-0.39, 0.29) is 5.60 Å². The molecule has 3 heteroatoms. The van der Waals surface area contributed by atoms with Gasteiger partial charge < -0.3 is 14.8 Å². The van der Waals surface area contributed by atoms with Crippen molar-refractivity contribution in [1.29, 1.82) is 0 Å². The molecule has 2 atom stereocenters. The Balaban J connectivity index is 2.28. The fraction of sp³-hybridized carbons (Fsp3) is 1.00. The minimum Gasteiger partial charge on any atom is -0.378 e. The van der Waals surface area contributed by atoms with E-state index < -0.39 is 0 Å². The van der Waals surface area contributed by atoms with Crippen LogP contribution in [0.15, 0.2) is 0 Å². The van der Waals surface area contributed by atoms with E-state index in [0.717, 1.165) is 32.1 Å². The summed E-state index contributed by atoms with van der Waals surface area (Å²) in [6.45, 7) is 9.20. The van der Waals surface area contributed by atoms with Gasteiger partial charge in [-0.1, -0.05) is 13.8 Å². The van der Waals surface area contributed by atoms with E-state index in [0.29, 0.717) is 6.04 Å². The average Bonchev–Trinajstić information content (AvgIpc) is 2.63. The summed E-state index contributed by atoms with van der Waals surface area (Å²) in [7, 11) is 1.78. The number of hydrogen-bond acceptors (Lipinski definition) is 3. The summed E-state index contributed by atoms with van der Waals surface area (Å²) in [4.78, 5) is 0. The molecule has 0 amide bonds. The number of methoxy groups -OCH3 is 1. The van der Waals surface area contributed by atoms with Gasteiger partial charge in [-0.2, -0.15) is 0 Å². The van der Waals surface area contributed by atoms with Gasteiger partial charge in [0.2, 0.25) is 0 Å². The Kier molecular flexibility index (Phi) is 5.03. The van der Waals surface area contributed by atoms with E-state index in [2.05, 4.69) is 26.1 Å². The van der Waals surface area contributed by atoms with E-state index in [9.17, 15) is 0 Å². The first-order valence-electron chi connectivity index (χ1n) is 5.94. The molecule has 1 N–H and O–H groups in total. The largest absolute Gasteiger partial charge is 0.378 e. The van der Waals surface area contributed by atoms with Gasteiger partial charge >= 0.3 is 0 Å². The third-order valence-corrected chi connectivity index (χ3v) is 3.10. The molecule has 0 aliphatic carbocycles. The first-order valence-corrected chi connectivity index (χ1v) is 5.94. The Bertz CT molecular complexity index is 176. The molecule has 90 valence electrons. The quantitative estimate of drug-likeness (QED) is 0.733. The molecule has 1 aliphatic rings. The second-order valence-electron chi connectivity index (χ2n) is 5.10. The summed E-state index contributed by atoms with van der Waals surface area (Å²) in [5, 5.41) is 3.54. The lowest BCUT2D eigenvalue weighted by molar-refractivity contribution is -0.0175. The maximum atomic E-state index is 5.57. The van der Waals surface area contributed by atoms with Gasteiger partial charge in [-0.25, -0.2) is 0 Å². The highest BCUT2D eigenvalue weighted by Crippen LogP contribution is 2.21. The maximum Gasteiger partial charge on any atom is 0.106 e. The molecule has 0 spiro atoms. The monoisotopic (exact) mass is 215 g/mol. The summed E-state index contributed by atoms with van der Waals surface area (Å²) in [5.74, 6) is 0.742. The van der Waals surface area contributed by atoms with Crippen molar-refractivity contribution in [3.05, 3.63) is 0 Å². The first-order chi connectivity index (χ1) is 7.08. The van der Waals surface area contributed by atoms with Crippen molar-refractivity contribution in [1.82, 2.24) is 5.32 Å². The van der Waals surface area contributed by atoms with Gasteiger partial charge in [0.15, 0.2) is 0 Å². The summed E-state index contributed by atoms with van der Waals surface area (Å²) < 4.78 is 11.0. The molecule has 0 aromatic heterocycles. The summed E-state index contributed by atoms with van der Waals surface area (Å²) in [5.41, 5.74) is -0.0781. The molecule has 1 aliphatic heterocycles. The van der Waals surface area contributed by atoms with Crippen LogP contribution >= 0.6 is 0 Å². The molecule has 1 saturated heterocycles. The number of rotatable bonds is 6. The molecule has 2 unspecified atom stereocenters. The normalized spacial score (nSPS) is 28.6. The highest BCUT2D eigenvalue weighted by atomic mass is 16.5. The zero-order chi connectivity index (χ0) is 11.3. The van der Waals surface area contributed by atoms with Crippen LogP contribution in [0.5, 0.6) is 0 Å². The molecule has 0 saturated carbocycles. The standard InChI is InChI=1S/C12H25NO2/c1-10(2)7-11(3)13-8-12(14-4)5-6-15-9-12/h10-11,13H,5-9H2,1-4H3. The molecule has 0 aromatic carbocycles. The lowest BCUT2D eigenvalue weighted by atomic mass is 10.0. The predicted octanol–water partition coefficient (Wildman–Crippen LogP) is 1.82. The van der Waals surface area contributed by atoms with Crippen LogP contribution in [0.2, 0.25) is 0 Å². The second-order valence-corrected chi connectivity index (χ2v) is 5.10. The van der Waals surface area contributed by atoms with Crippen molar-refractivity contribution in [2.24, 2.45) is 5.92 Å². The van der Waals surface area contributed by atoms with Gasteiger partial charge in [-0.05, 0) is 19.3 Å². The molecule has 1 heterocycles. The Labute approximate surface area is 93.5 Å². The molecule has 1 fully saturated rings. The van der Waals surface area contributed by atoms with E-state index >= 15 is 0 Å². The highest BCUT2D eigenvalue weighted by Gasteiger charge is 2.34. The van der Waals surface area contributed by atoms with Crippen LogP contribution in [-0.4, -0.2) is 38.5 Å². The van der Waals surface area contributed by atoms with Gasteiger partial charge in [0, 0.05) is 32.7 Å². The van der Waals surface area contributed by atoms with E-state index in [1.807, 2.05) is 0 Å². The minimum atomic E-state index is -0.0781. The van der Waals surface area contributed by atoms with Crippen LogP contribution in [-0.2, 0) is 9.47 Å². The van der Waals surface area contributed by atoms with Crippen molar-refractivity contribution >= 4 is 0 Å².